The Hall–Kier alpha value is -2.17. The van der Waals surface area contributed by atoms with Gasteiger partial charge in [-0.3, -0.25) is 4.79 Å². The molecule has 0 aliphatic carbocycles. The third-order valence-corrected chi connectivity index (χ3v) is 4.49. The van der Waals surface area contributed by atoms with Gasteiger partial charge in [-0.2, -0.15) is 0 Å². The van der Waals surface area contributed by atoms with Gasteiger partial charge in [-0.1, -0.05) is 73.5 Å². The molecular formula is C23H31NO3. The summed E-state index contributed by atoms with van der Waals surface area (Å²) in [6.07, 6.45) is 4.83. The van der Waals surface area contributed by atoms with Crippen LogP contribution in [-0.2, 0) is 16.0 Å². The van der Waals surface area contributed by atoms with Crippen LogP contribution in [0.3, 0.4) is 0 Å². The molecule has 0 aliphatic heterocycles. The number of aliphatic hydroxyl groups excluding tert-OH is 1. The molecule has 0 heterocycles. The molecule has 4 nitrogen and oxygen atoms in total. The van der Waals surface area contributed by atoms with E-state index in [1.54, 1.807) is 0 Å². The standard InChI is InChI=1S/C23H31NO3/c25-22(21-13-7-4-8-14-21)19-24-17-9-1-2-10-18-27-23(26)16-15-20-11-5-3-6-12-20/h3-8,11-14,22,24-25H,1-2,9-10,15-19H2. The van der Waals surface area contributed by atoms with E-state index in [0.29, 0.717) is 19.6 Å². The molecule has 2 rings (SSSR count). The number of carbonyl (C=O) groups excluding carboxylic acids is 1. The maximum absolute atomic E-state index is 11.7. The Morgan fingerprint density at radius 3 is 2.33 bits per heavy atom. The highest BCUT2D eigenvalue weighted by atomic mass is 16.5. The second kappa shape index (κ2) is 13.1. The molecule has 0 fully saturated rings. The highest BCUT2D eigenvalue weighted by molar-refractivity contribution is 5.69. The zero-order valence-corrected chi connectivity index (χ0v) is 16.0. The summed E-state index contributed by atoms with van der Waals surface area (Å²) in [4.78, 5) is 11.7. The van der Waals surface area contributed by atoms with Crippen molar-refractivity contribution in [3.8, 4) is 0 Å². The summed E-state index contributed by atoms with van der Waals surface area (Å²) in [5, 5.41) is 13.3. The maximum atomic E-state index is 11.7. The lowest BCUT2D eigenvalue weighted by atomic mass is 10.1. The molecular weight excluding hydrogens is 338 g/mol. The Bertz CT molecular complexity index is 631. The van der Waals surface area contributed by atoms with Gasteiger partial charge in [0.2, 0.25) is 0 Å². The number of hydrogen-bond donors (Lipinski definition) is 2. The van der Waals surface area contributed by atoms with Gasteiger partial charge in [-0.05, 0) is 36.9 Å². The molecule has 1 unspecified atom stereocenters. The Balaban J connectivity index is 1.39. The number of nitrogens with one attached hydrogen (secondary N) is 1. The van der Waals surface area contributed by atoms with Crippen molar-refractivity contribution in [2.45, 2.75) is 44.6 Å². The van der Waals surface area contributed by atoms with Gasteiger partial charge in [-0.15, -0.1) is 0 Å². The quantitative estimate of drug-likeness (QED) is 0.413. The lowest BCUT2D eigenvalue weighted by molar-refractivity contribution is -0.143. The molecule has 0 saturated heterocycles. The van der Waals surface area contributed by atoms with Crippen molar-refractivity contribution in [1.29, 1.82) is 0 Å². The predicted molar refractivity (Wildman–Crippen MR) is 108 cm³/mol. The van der Waals surface area contributed by atoms with Gasteiger partial charge >= 0.3 is 5.97 Å². The van der Waals surface area contributed by atoms with Crippen molar-refractivity contribution in [3.63, 3.8) is 0 Å². The van der Waals surface area contributed by atoms with E-state index in [1.165, 1.54) is 5.56 Å². The number of esters is 1. The van der Waals surface area contributed by atoms with Gasteiger partial charge in [-0.25, -0.2) is 0 Å². The van der Waals surface area contributed by atoms with E-state index in [2.05, 4.69) is 5.32 Å². The third-order valence-electron chi connectivity index (χ3n) is 4.49. The highest BCUT2D eigenvalue weighted by Crippen LogP contribution is 2.10. The molecule has 27 heavy (non-hydrogen) atoms. The van der Waals surface area contributed by atoms with Crippen LogP contribution >= 0.6 is 0 Å². The van der Waals surface area contributed by atoms with Crippen LogP contribution in [0.25, 0.3) is 0 Å². The number of carbonyl (C=O) groups is 1. The Labute approximate surface area is 162 Å². The monoisotopic (exact) mass is 369 g/mol. The van der Waals surface area contributed by atoms with Crippen LogP contribution in [-0.4, -0.2) is 30.8 Å². The lowest BCUT2D eigenvalue weighted by Gasteiger charge is -2.12. The normalized spacial score (nSPS) is 11.9. The number of aliphatic hydroxyl groups is 1. The molecule has 4 heteroatoms. The Morgan fingerprint density at radius 2 is 1.59 bits per heavy atom. The summed E-state index contributed by atoms with van der Waals surface area (Å²) < 4.78 is 5.28. The maximum Gasteiger partial charge on any atom is 0.306 e. The van der Waals surface area contributed by atoms with Crippen LogP contribution < -0.4 is 5.32 Å². The summed E-state index contributed by atoms with van der Waals surface area (Å²) in [5.74, 6) is -0.115. The molecule has 0 aliphatic rings. The third kappa shape index (κ3) is 9.36. The zero-order chi connectivity index (χ0) is 19.2. The van der Waals surface area contributed by atoms with Gasteiger partial charge in [0.25, 0.3) is 0 Å². The second-order valence-electron chi connectivity index (χ2n) is 6.75. The summed E-state index contributed by atoms with van der Waals surface area (Å²) in [6, 6.07) is 19.7. The highest BCUT2D eigenvalue weighted by Gasteiger charge is 2.05. The predicted octanol–water partition coefficient (Wildman–Crippen LogP) is 4.05. The Kier molecular flexibility index (Phi) is 10.2. The first-order chi connectivity index (χ1) is 13.3. The number of hydrogen-bond acceptors (Lipinski definition) is 4. The molecule has 0 aromatic heterocycles. The van der Waals surface area contributed by atoms with Crippen molar-refractivity contribution in [1.82, 2.24) is 5.32 Å². The molecule has 0 spiro atoms. The molecule has 2 aromatic carbocycles. The minimum atomic E-state index is -0.457. The molecule has 1 atom stereocenters. The number of ether oxygens (including phenoxy) is 1. The minimum absolute atomic E-state index is 0.115. The Morgan fingerprint density at radius 1 is 0.926 bits per heavy atom. The zero-order valence-electron chi connectivity index (χ0n) is 16.0. The van der Waals surface area contributed by atoms with E-state index in [-0.39, 0.29) is 5.97 Å². The number of rotatable bonds is 13. The van der Waals surface area contributed by atoms with Crippen LogP contribution in [0.4, 0.5) is 0 Å². The van der Waals surface area contributed by atoms with Gasteiger partial charge < -0.3 is 15.2 Å². The van der Waals surface area contributed by atoms with Crippen LogP contribution in [0.15, 0.2) is 60.7 Å². The number of benzene rings is 2. The SMILES string of the molecule is O=C(CCc1ccccc1)OCCCCCCNCC(O)c1ccccc1. The van der Waals surface area contributed by atoms with E-state index in [1.807, 2.05) is 60.7 Å². The molecule has 0 radical (unpaired) electrons. The average Bonchev–Trinajstić information content (AvgIpc) is 2.72. The molecule has 0 amide bonds. The molecule has 0 saturated carbocycles. The van der Waals surface area contributed by atoms with Gasteiger partial charge in [0.1, 0.15) is 0 Å². The van der Waals surface area contributed by atoms with E-state index in [4.69, 9.17) is 4.74 Å². The van der Waals surface area contributed by atoms with Gasteiger partial charge in [0.05, 0.1) is 12.7 Å². The molecule has 0 bridgehead atoms. The first-order valence-electron chi connectivity index (χ1n) is 9.89. The van der Waals surface area contributed by atoms with Crippen LogP contribution in [0.2, 0.25) is 0 Å². The van der Waals surface area contributed by atoms with E-state index in [9.17, 15) is 9.90 Å². The molecule has 146 valence electrons. The molecule has 2 N–H and O–H groups in total. The van der Waals surface area contributed by atoms with E-state index < -0.39 is 6.10 Å². The van der Waals surface area contributed by atoms with Crippen LogP contribution in [0, 0.1) is 0 Å². The smallest absolute Gasteiger partial charge is 0.306 e. The number of unbranched alkanes of at least 4 members (excludes halogenated alkanes) is 3. The van der Waals surface area contributed by atoms with Crippen molar-refractivity contribution < 1.29 is 14.6 Å². The second-order valence-corrected chi connectivity index (χ2v) is 6.75. The van der Waals surface area contributed by atoms with E-state index in [0.717, 1.165) is 44.2 Å². The van der Waals surface area contributed by atoms with Crippen molar-refractivity contribution in [2.75, 3.05) is 19.7 Å². The summed E-state index contributed by atoms with van der Waals surface area (Å²) in [6.45, 7) is 1.97. The largest absolute Gasteiger partial charge is 0.466 e. The topological polar surface area (TPSA) is 58.6 Å². The van der Waals surface area contributed by atoms with Gasteiger partial charge in [0, 0.05) is 13.0 Å². The van der Waals surface area contributed by atoms with Crippen LogP contribution in [0.5, 0.6) is 0 Å². The van der Waals surface area contributed by atoms with Crippen LogP contribution in [0.1, 0.15) is 49.3 Å². The average molecular weight is 370 g/mol. The fraction of sp³-hybridized carbons (Fsp3) is 0.435. The van der Waals surface area contributed by atoms with Crippen molar-refractivity contribution in [2.24, 2.45) is 0 Å². The first-order valence-corrected chi connectivity index (χ1v) is 9.89. The summed E-state index contributed by atoms with van der Waals surface area (Å²) in [7, 11) is 0. The van der Waals surface area contributed by atoms with Crippen molar-refractivity contribution >= 4 is 5.97 Å². The van der Waals surface area contributed by atoms with Crippen molar-refractivity contribution in [3.05, 3.63) is 71.8 Å². The van der Waals surface area contributed by atoms with E-state index >= 15 is 0 Å². The number of aryl methyl sites for hydroxylation is 1. The fourth-order valence-corrected chi connectivity index (χ4v) is 2.89. The lowest BCUT2D eigenvalue weighted by Crippen LogP contribution is -2.22. The first kappa shape index (κ1) is 21.1. The fourth-order valence-electron chi connectivity index (χ4n) is 2.89. The van der Waals surface area contributed by atoms with Gasteiger partial charge in [0.15, 0.2) is 0 Å². The summed E-state index contributed by atoms with van der Waals surface area (Å²) >= 11 is 0. The summed E-state index contributed by atoms with van der Waals surface area (Å²) in [5.41, 5.74) is 2.11. The molecule has 2 aromatic rings. The minimum Gasteiger partial charge on any atom is -0.466 e.